The van der Waals surface area contributed by atoms with Crippen molar-refractivity contribution in [1.82, 2.24) is 9.88 Å². The van der Waals surface area contributed by atoms with Crippen LogP contribution in [0, 0.1) is 5.82 Å². The molecule has 1 atom stereocenters. The molecule has 0 aliphatic carbocycles. The first-order valence-corrected chi connectivity index (χ1v) is 6.66. The van der Waals surface area contributed by atoms with Gasteiger partial charge in [0.15, 0.2) is 0 Å². The van der Waals surface area contributed by atoms with Gasteiger partial charge in [-0.3, -0.25) is 4.79 Å². The maximum absolute atomic E-state index is 13.2. The molecule has 20 heavy (non-hydrogen) atoms. The number of aromatic amines is 1. The van der Waals surface area contributed by atoms with Crippen LogP contribution in [0.3, 0.4) is 0 Å². The number of nitrogens with zero attached hydrogens (tertiary/aromatic N) is 1. The molecule has 1 aromatic heterocycles. The number of hydrogen-bond acceptors (Lipinski definition) is 2. The number of nitrogens with two attached hydrogens (primary N) is 1. The summed E-state index contributed by atoms with van der Waals surface area (Å²) in [6.45, 7) is 0.708. The van der Waals surface area contributed by atoms with Gasteiger partial charge < -0.3 is 15.6 Å². The van der Waals surface area contributed by atoms with E-state index in [1.54, 1.807) is 0 Å². The first-order valence-electron chi connectivity index (χ1n) is 6.66. The zero-order chi connectivity index (χ0) is 14.1. The van der Waals surface area contributed by atoms with Gasteiger partial charge in [-0.25, -0.2) is 4.39 Å². The number of aromatic nitrogens is 1. The average molecular weight is 273 g/mol. The van der Waals surface area contributed by atoms with Gasteiger partial charge >= 0.3 is 0 Å². The van der Waals surface area contributed by atoms with Crippen molar-refractivity contribution in [2.75, 3.05) is 12.3 Å². The third-order valence-electron chi connectivity index (χ3n) is 3.74. The van der Waals surface area contributed by atoms with Gasteiger partial charge in [-0.15, -0.1) is 0 Å². The van der Waals surface area contributed by atoms with Crippen LogP contribution >= 0.6 is 0 Å². The molecule has 0 radical (unpaired) electrons. The Morgan fingerprint density at radius 1 is 1.40 bits per heavy atom. The predicted octanol–water partition coefficient (Wildman–Crippen LogP) is 2.71. The molecule has 1 unspecified atom stereocenters. The van der Waals surface area contributed by atoms with E-state index in [1.165, 1.54) is 18.2 Å². The second-order valence-corrected chi connectivity index (χ2v) is 5.02. The Labute approximate surface area is 116 Å². The Bertz CT molecular complexity index is 624. The molecule has 1 amide bonds. The molecule has 1 fully saturated rings. The summed E-state index contributed by atoms with van der Waals surface area (Å²) in [5, 5.41) is 0. The van der Waals surface area contributed by atoms with Crippen LogP contribution < -0.4 is 5.73 Å². The van der Waals surface area contributed by atoms with Crippen molar-refractivity contribution in [3.05, 3.63) is 53.6 Å². The summed E-state index contributed by atoms with van der Waals surface area (Å²) >= 11 is 0. The quantitative estimate of drug-likeness (QED) is 0.826. The molecule has 1 aliphatic rings. The standard InChI is InChI=1S/C15H16FN3O/c16-11-6-5-10(9-12(11)17)15(20)19-8-2-4-14(19)13-3-1-7-18-13/h1,3,5-7,9,14,18H,2,4,8,17H2. The number of likely N-dealkylation sites (tertiary alicyclic amines) is 1. The number of nitrogens with one attached hydrogen (secondary N) is 1. The highest BCUT2D eigenvalue weighted by Crippen LogP contribution is 2.32. The third-order valence-corrected chi connectivity index (χ3v) is 3.74. The van der Waals surface area contributed by atoms with Crippen molar-refractivity contribution in [3.8, 4) is 0 Å². The minimum Gasteiger partial charge on any atom is -0.396 e. The van der Waals surface area contributed by atoms with Crippen LogP contribution in [-0.4, -0.2) is 22.3 Å². The molecule has 104 valence electrons. The Morgan fingerprint density at radius 2 is 2.25 bits per heavy atom. The second-order valence-electron chi connectivity index (χ2n) is 5.02. The Morgan fingerprint density at radius 3 is 2.95 bits per heavy atom. The van der Waals surface area contributed by atoms with E-state index in [0.717, 1.165) is 18.5 Å². The van der Waals surface area contributed by atoms with Crippen molar-refractivity contribution in [1.29, 1.82) is 0 Å². The summed E-state index contributed by atoms with van der Waals surface area (Å²) in [6.07, 6.45) is 3.75. The number of amides is 1. The molecule has 5 heteroatoms. The van der Waals surface area contributed by atoms with Gasteiger partial charge in [0.2, 0.25) is 0 Å². The van der Waals surface area contributed by atoms with E-state index < -0.39 is 5.82 Å². The number of H-pyrrole nitrogens is 1. The molecule has 1 aliphatic heterocycles. The maximum atomic E-state index is 13.2. The number of carbonyl (C=O) groups is 1. The number of hydrogen-bond donors (Lipinski definition) is 2. The minimum atomic E-state index is -0.496. The van der Waals surface area contributed by atoms with E-state index in [-0.39, 0.29) is 17.6 Å². The van der Waals surface area contributed by atoms with E-state index in [4.69, 9.17) is 5.73 Å². The molecular formula is C15H16FN3O. The van der Waals surface area contributed by atoms with Crippen LogP contribution in [0.5, 0.6) is 0 Å². The molecule has 0 spiro atoms. The normalized spacial score (nSPS) is 18.4. The molecule has 3 N–H and O–H groups in total. The molecular weight excluding hydrogens is 257 g/mol. The second kappa shape index (κ2) is 5.00. The van der Waals surface area contributed by atoms with Crippen LogP contribution in [-0.2, 0) is 0 Å². The number of rotatable bonds is 2. The highest BCUT2D eigenvalue weighted by Gasteiger charge is 2.31. The lowest BCUT2D eigenvalue weighted by Gasteiger charge is -2.24. The molecule has 2 heterocycles. The average Bonchev–Trinajstić information content (AvgIpc) is 3.10. The summed E-state index contributed by atoms with van der Waals surface area (Å²) in [6, 6.07) is 8.09. The Balaban J connectivity index is 1.87. The number of halogens is 1. The van der Waals surface area contributed by atoms with Crippen molar-refractivity contribution in [2.24, 2.45) is 0 Å². The first-order chi connectivity index (χ1) is 9.66. The third kappa shape index (κ3) is 2.15. The molecule has 2 aromatic rings. The van der Waals surface area contributed by atoms with Crippen LogP contribution in [0.25, 0.3) is 0 Å². The monoisotopic (exact) mass is 273 g/mol. The van der Waals surface area contributed by atoms with Crippen LogP contribution in [0.2, 0.25) is 0 Å². The zero-order valence-corrected chi connectivity index (χ0v) is 11.0. The summed E-state index contributed by atoms with van der Waals surface area (Å²) in [4.78, 5) is 17.5. The minimum absolute atomic E-state index is 0.00599. The largest absolute Gasteiger partial charge is 0.396 e. The van der Waals surface area contributed by atoms with Crippen molar-refractivity contribution in [3.63, 3.8) is 0 Å². The molecule has 1 aromatic carbocycles. The lowest BCUT2D eigenvalue weighted by molar-refractivity contribution is 0.0733. The Hall–Kier alpha value is -2.30. The van der Waals surface area contributed by atoms with Gasteiger partial charge in [0.25, 0.3) is 5.91 Å². The number of nitrogen functional groups attached to an aromatic ring is 1. The highest BCUT2D eigenvalue weighted by atomic mass is 19.1. The van der Waals surface area contributed by atoms with Gasteiger partial charge in [-0.05, 0) is 43.2 Å². The topological polar surface area (TPSA) is 62.1 Å². The summed E-state index contributed by atoms with van der Waals surface area (Å²) < 4.78 is 13.2. The highest BCUT2D eigenvalue weighted by molar-refractivity contribution is 5.95. The first kappa shape index (κ1) is 12.7. The van der Waals surface area contributed by atoms with Crippen LogP contribution in [0.15, 0.2) is 36.5 Å². The van der Waals surface area contributed by atoms with Gasteiger partial charge in [0.05, 0.1) is 11.7 Å². The summed E-state index contributed by atoms with van der Waals surface area (Å²) in [7, 11) is 0. The lowest BCUT2D eigenvalue weighted by atomic mass is 10.1. The van der Waals surface area contributed by atoms with Crippen molar-refractivity contribution >= 4 is 11.6 Å². The molecule has 4 nitrogen and oxygen atoms in total. The molecule has 0 bridgehead atoms. The molecule has 1 saturated heterocycles. The maximum Gasteiger partial charge on any atom is 0.254 e. The molecule has 0 saturated carbocycles. The summed E-state index contributed by atoms with van der Waals surface area (Å²) in [5.74, 6) is -0.599. The zero-order valence-electron chi connectivity index (χ0n) is 11.0. The fourth-order valence-electron chi connectivity index (χ4n) is 2.73. The fourth-order valence-corrected chi connectivity index (χ4v) is 2.73. The van der Waals surface area contributed by atoms with Crippen molar-refractivity contribution in [2.45, 2.75) is 18.9 Å². The number of carbonyl (C=O) groups excluding carboxylic acids is 1. The van der Waals surface area contributed by atoms with Crippen molar-refractivity contribution < 1.29 is 9.18 Å². The van der Waals surface area contributed by atoms with E-state index in [0.29, 0.717) is 12.1 Å². The van der Waals surface area contributed by atoms with E-state index >= 15 is 0 Å². The Kier molecular flexibility index (Phi) is 3.18. The smallest absolute Gasteiger partial charge is 0.254 e. The lowest BCUT2D eigenvalue weighted by Crippen LogP contribution is -2.30. The van der Waals surface area contributed by atoms with Gasteiger partial charge in [-0.1, -0.05) is 0 Å². The van der Waals surface area contributed by atoms with E-state index in [9.17, 15) is 9.18 Å². The van der Waals surface area contributed by atoms with E-state index in [2.05, 4.69) is 4.98 Å². The van der Waals surface area contributed by atoms with Crippen LogP contribution in [0.1, 0.15) is 34.9 Å². The summed E-state index contributed by atoms with van der Waals surface area (Å²) in [5.41, 5.74) is 7.01. The fraction of sp³-hybridized carbons (Fsp3) is 0.267. The van der Waals surface area contributed by atoms with Gasteiger partial charge in [-0.2, -0.15) is 0 Å². The SMILES string of the molecule is Nc1cc(C(=O)N2CCCC2c2ccc[nH]2)ccc1F. The van der Waals surface area contributed by atoms with E-state index in [1.807, 2.05) is 23.2 Å². The number of benzene rings is 1. The van der Waals surface area contributed by atoms with Crippen LogP contribution in [0.4, 0.5) is 10.1 Å². The number of anilines is 1. The molecule has 3 rings (SSSR count). The van der Waals surface area contributed by atoms with Gasteiger partial charge in [0.1, 0.15) is 5.82 Å². The van der Waals surface area contributed by atoms with Gasteiger partial charge in [0, 0.05) is 24.0 Å². The predicted molar refractivity (Wildman–Crippen MR) is 74.6 cm³/mol.